The summed E-state index contributed by atoms with van der Waals surface area (Å²) in [7, 11) is 0. The largest absolute Gasteiger partial charge is 0.462 e. The smallest absolute Gasteiger partial charge is 0.333 e. The van der Waals surface area contributed by atoms with Crippen LogP contribution in [0.4, 0.5) is 0 Å². The Labute approximate surface area is 140 Å². The first-order valence-corrected chi connectivity index (χ1v) is 8.60. The molecule has 0 aromatic rings. The van der Waals surface area contributed by atoms with Gasteiger partial charge in [0.2, 0.25) is 0 Å². The molecule has 0 aromatic heterocycles. The number of esters is 2. The zero-order valence-corrected chi connectivity index (χ0v) is 14.8. The maximum absolute atomic E-state index is 11.1. The molecule has 0 aliphatic carbocycles. The van der Waals surface area contributed by atoms with Gasteiger partial charge in [-0.05, 0) is 26.7 Å². The standard InChI is InChI=1S/C19H32O4/c1-16(2)18(20)22-14-12-10-8-6-5-7-9-11-13-15-23-19(21)17(3)4/h1,3,5-15H2,2,4H3. The quantitative estimate of drug-likeness (QED) is 0.263. The van der Waals surface area contributed by atoms with Crippen LogP contribution in [-0.2, 0) is 19.1 Å². The Bertz CT molecular complexity index is 349. The lowest BCUT2D eigenvalue weighted by Crippen LogP contribution is -2.06. The molecular weight excluding hydrogens is 292 g/mol. The summed E-state index contributed by atoms with van der Waals surface area (Å²) >= 11 is 0. The van der Waals surface area contributed by atoms with E-state index in [1.165, 1.54) is 32.1 Å². The van der Waals surface area contributed by atoms with Gasteiger partial charge in [0.15, 0.2) is 0 Å². The molecule has 0 amide bonds. The predicted molar refractivity (Wildman–Crippen MR) is 93.1 cm³/mol. The molecule has 0 rings (SSSR count). The molecule has 0 heterocycles. The molecule has 0 spiro atoms. The molecular formula is C19H32O4. The Kier molecular flexibility index (Phi) is 13.1. The predicted octanol–water partition coefficient (Wildman–Crippen LogP) is 4.74. The van der Waals surface area contributed by atoms with Crippen molar-refractivity contribution in [2.45, 2.75) is 71.6 Å². The number of unbranched alkanes of at least 4 members (excludes halogenated alkanes) is 8. The summed E-state index contributed by atoms with van der Waals surface area (Å²) in [5, 5.41) is 0. The average molecular weight is 324 g/mol. The van der Waals surface area contributed by atoms with Gasteiger partial charge >= 0.3 is 11.9 Å². The van der Waals surface area contributed by atoms with E-state index in [-0.39, 0.29) is 11.9 Å². The molecule has 0 radical (unpaired) electrons. The molecule has 0 aliphatic heterocycles. The van der Waals surface area contributed by atoms with Gasteiger partial charge in [0.05, 0.1) is 13.2 Å². The highest BCUT2D eigenvalue weighted by Gasteiger charge is 2.02. The average Bonchev–Trinajstić information content (AvgIpc) is 2.50. The van der Waals surface area contributed by atoms with Gasteiger partial charge in [0.25, 0.3) is 0 Å². The summed E-state index contributed by atoms with van der Waals surface area (Å²) in [6.07, 6.45) is 10.1. The third-order valence-electron chi connectivity index (χ3n) is 3.45. The third-order valence-corrected chi connectivity index (χ3v) is 3.45. The molecule has 0 unspecified atom stereocenters. The van der Waals surface area contributed by atoms with Crippen LogP contribution in [0.5, 0.6) is 0 Å². The molecule has 0 N–H and O–H groups in total. The van der Waals surface area contributed by atoms with Gasteiger partial charge in [-0.1, -0.05) is 58.1 Å². The first kappa shape index (κ1) is 21.4. The van der Waals surface area contributed by atoms with Crippen LogP contribution in [0.1, 0.15) is 71.6 Å². The highest BCUT2D eigenvalue weighted by molar-refractivity contribution is 5.87. The van der Waals surface area contributed by atoms with Crippen molar-refractivity contribution in [3.05, 3.63) is 24.3 Å². The molecule has 0 aromatic carbocycles. The molecule has 0 saturated heterocycles. The minimum atomic E-state index is -0.293. The van der Waals surface area contributed by atoms with Crippen LogP contribution in [-0.4, -0.2) is 25.2 Å². The highest BCUT2D eigenvalue weighted by Crippen LogP contribution is 2.10. The van der Waals surface area contributed by atoms with E-state index in [4.69, 9.17) is 9.47 Å². The van der Waals surface area contributed by atoms with Crippen LogP contribution in [0.2, 0.25) is 0 Å². The van der Waals surface area contributed by atoms with E-state index >= 15 is 0 Å². The molecule has 0 fully saturated rings. The van der Waals surface area contributed by atoms with Gasteiger partial charge in [-0.25, -0.2) is 9.59 Å². The summed E-state index contributed by atoms with van der Waals surface area (Å²) < 4.78 is 10.1. The van der Waals surface area contributed by atoms with Crippen molar-refractivity contribution >= 4 is 11.9 Å². The van der Waals surface area contributed by atoms with Gasteiger partial charge in [-0.2, -0.15) is 0 Å². The summed E-state index contributed by atoms with van der Waals surface area (Å²) in [6.45, 7) is 11.4. The minimum absolute atomic E-state index is 0.293. The van der Waals surface area contributed by atoms with Crippen LogP contribution >= 0.6 is 0 Å². The monoisotopic (exact) mass is 324 g/mol. The molecule has 0 aliphatic rings. The second kappa shape index (κ2) is 14.0. The van der Waals surface area contributed by atoms with Crippen LogP contribution in [0.25, 0.3) is 0 Å². The fraction of sp³-hybridized carbons (Fsp3) is 0.684. The van der Waals surface area contributed by atoms with E-state index in [0.717, 1.165) is 25.7 Å². The molecule has 4 heteroatoms. The first-order chi connectivity index (χ1) is 10.9. The topological polar surface area (TPSA) is 52.6 Å². The van der Waals surface area contributed by atoms with Crippen molar-refractivity contribution in [2.24, 2.45) is 0 Å². The second-order valence-electron chi connectivity index (χ2n) is 6.01. The van der Waals surface area contributed by atoms with Crippen LogP contribution < -0.4 is 0 Å². The summed E-state index contributed by atoms with van der Waals surface area (Å²) in [5.74, 6) is -0.585. The molecule has 0 saturated carbocycles. The lowest BCUT2D eigenvalue weighted by molar-refractivity contribution is -0.139. The van der Waals surface area contributed by atoms with Gasteiger partial charge in [-0.15, -0.1) is 0 Å². The number of carbonyl (C=O) groups excluding carboxylic acids is 2. The van der Waals surface area contributed by atoms with Gasteiger partial charge in [-0.3, -0.25) is 0 Å². The Balaban J connectivity index is 3.19. The zero-order valence-electron chi connectivity index (χ0n) is 14.8. The summed E-state index contributed by atoms with van der Waals surface area (Å²) in [6, 6.07) is 0. The van der Waals surface area contributed by atoms with E-state index in [9.17, 15) is 9.59 Å². The van der Waals surface area contributed by atoms with Crippen molar-refractivity contribution in [3.8, 4) is 0 Å². The van der Waals surface area contributed by atoms with Crippen molar-refractivity contribution < 1.29 is 19.1 Å². The maximum Gasteiger partial charge on any atom is 0.333 e. The number of hydrogen-bond acceptors (Lipinski definition) is 4. The normalized spacial score (nSPS) is 10.2. The Morgan fingerprint density at radius 1 is 0.609 bits per heavy atom. The van der Waals surface area contributed by atoms with Gasteiger partial charge in [0, 0.05) is 11.1 Å². The fourth-order valence-electron chi connectivity index (χ4n) is 2.02. The summed E-state index contributed by atoms with van der Waals surface area (Å²) in [5.41, 5.74) is 0.916. The van der Waals surface area contributed by atoms with E-state index < -0.39 is 0 Å². The number of hydrogen-bond donors (Lipinski definition) is 0. The van der Waals surface area contributed by atoms with Crippen LogP contribution in [0, 0.1) is 0 Å². The zero-order chi connectivity index (χ0) is 17.5. The number of ether oxygens (including phenoxy) is 2. The van der Waals surface area contributed by atoms with E-state index in [2.05, 4.69) is 13.2 Å². The van der Waals surface area contributed by atoms with Gasteiger partial charge < -0.3 is 9.47 Å². The van der Waals surface area contributed by atoms with E-state index in [1.54, 1.807) is 13.8 Å². The van der Waals surface area contributed by atoms with Crippen LogP contribution in [0.3, 0.4) is 0 Å². The first-order valence-electron chi connectivity index (χ1n) is 8.60. The van der Waals surface area contributed by atoms with Crippen molar-refractivity contribution in [1.82, 2.24) is 0 Å². The molecule has 0 bridgehead atoms. The maximum atomic E-state index is 11.1. The Morgan fingerprint density at radius 3 is 1.13 bits per heavy atom. The van der Waals surface area contributed by atoms with Crippen molar-refractivity contribution in [1.29, 1.82) is 0 Å². The lowest BCUT2D eigenvalue weighted by atomic mass is 10.1. The highest BCUT2D eigenvalue weighted by atomic mass is 16.5. The summed E-state index contributed by atoms with van der Waals surface area (Å²) in [4.78, 5) is 22.3. The number of carbonyl (C=O) groups is 2. The second-order valence-corrected chi connectivity index (χ2v) is 6.01. The van der Waals surface area contributed by atoms with Crippen molar-refractivity contribution in [3.63, 3.8) is 0 Å². The van der Waals surface area contributed by atoms with Gasteiger partial charge in [0.1, 0.15) is 0 Å². The van der Waals surface area contributed by atoms with E-state index in [1.807, 2.05) is 0 Å². The Morgan fingerprint density at radius 2 is 0.870 bits per heavy atom. The number of rotatable bonds is 14. The Hall–Kier alpha value is -1.58. The molecule has 132 valence electrons. The minimum Gasteiger partial charge on any atom is -0.462 e. The fourth-order valence-corrected chi connectivity index (χ4v) is 2.02. The van der Waals surface area contributed by atoms with Crippen LogP contribution in [0.15, 0.2) is 24.3 Å². The third kappa shape index (κ3) is 13.8. The van der Waals surface area contributed by atoms with Crippen molar-refractivity contribution in [2.75, 3.05) is 13.2 Å². The lowest BCUT2D eigenvalue weighted by Gasteiger charge is -2.05. The molecule has 0 atom stereocenters. The molecule has 4 nitrogen and oxygen atoms in total. The SMILES string of the molecule is C=C(C)C(=O)OCCCCCCCCCCCOC(=O)C(=C)C. The van der Waals surface area contributed by atoms with E-state index in [0.29, 0.717) is 24.4 Å². The molecule has 23 heavy (non-hydrogen) atoms.